The molecule has 0 amide bonds. The van der Waals surface area contributed by atoms with Crippen LogP contribution in [-0.4, -0.2) is 14.9 Å². The highest BCUT2D eigenvalue weighted by Gasteiger charge is 2.22. The van der Waals surface area contributed by atoms with Crippen LogP contribution in [0.3, 0.4) is 0 Å². The number of hydrogen-bond acceptors (Lipinski definition) is 3. The molecule has 0 bridgehead atoms. The van der Waals surface area contributed by atoms with Crippen molar-refractivity contribution in [3.05, 3.63) is 41.1 Å². The van der Waals surface area contributed by atoms with Crippen LogP contribution in [0.25, 0.3) is 10.5 Å². The van der Waals surface area contributed by atoms with Crippen LogP contribution in [0.15, 0.2) is 18.2 Å². The van der Waals surface area contributed by atoms with Gasteiger partial charge in [0, 0.05) is 12.0 Å². The molecule has 0 aliphatic carbocycles. The van der Waals surface area contributed by atoms with Gasteiger partial charge in [-0.05, 0) is 12.1 Å². The van der Waals surface area contributed by atoms with Crippen molar-refractivity contribution in [2.45, 2.75) is 19.8 Å². The standard InChI is InChI=1S/C13H13FN4O/c1-7(2)12-11(15)13(16-3)18(17-12)10-5-4-8(19)6-9(10)14/h4-7,19H,15H2,1-2H3. The minimum atomic E-state index is -0.664. The molecule has 0 atom stereocenters. The highest BCUT2D eigenvalue weighted by molar-refractivity contribution is 5.69. The first-order chi connectivity index (χ1) is 8.95. The predicted octanol–water partition coefficient (Wildman–Crippen LogP) is 2.97. The van der Waals surface area contributed by atoms with Crippen LogP contribution >= 0.6 is 0 Å². The third kappa shape index (κ3) is 2.10. The molecule has 5 nitrogen and oxygen atoms in total. The van der Waals surface area contributed by atoms with Crippen LogP contribution in [0.5, 0.6) is 5.75 Å². The van der Waals surface area contributed by atoms with Gasteiger partial charge >= 0.3 is 0 Å². The quantitative estimate of drug-likeness (QED) is 0.815. The first kappa shape index (κ1) is 12.9. The van der Waals surface area contributed by atoms with Gasteiger partial charge < -0.3 is 15.7 Å². The van der Waals surface area contributed by atoms with E-state index in [9.17, 15) is 9.50 Å². The second-order valence-electron chi connectivity index (χ2n) is 4.44. The molecule has 19 heavy (non-hydrogen) atoms. The summed E-state index contributed by atoms with van der Waals surface area (Å²) in [5.74, 6) is -0.743. The van der Waals surface area contributed by atoms with E-state index in [4.69, 9.17) is 12.3 Å². The fraction of sp³-hybridized carbons (Fsp3) is 0.231. The second-order valence-corrected chi connectivity index (χ2v) is 4.44. The zero-order valence-corrected chi connectivity index (χ0v) is 10.6. The molecule has 1 aromatic carbocycles. The molecule has 98 valence electrons. The lowest BCUT2D eigenvalue weighted by atomic mass is 10.1. The van der Waals surface area contributed by atoms with E-state index in [1.165, 1.54) is 16.8 Å². The Morgan fingerprint density at radius 1 is 1.47 bits per heavy atom. The molecule has 6 heteroatoms. The number of halogens is 1. The number of phenols is 1. The number of nitrogens with two attached hydrogens (primary N) is 1. The Labute approximate surface area is 109 Å². The van der Waals surface area contributed by atoms with Gasteiger partial charge in [0.2, 0.25) is 0 Å². The van der Waals surface area contributed by atoms with E-state index >= 15 is 0 Å². The number of rotatable bonds is 2. The molecule has 0 aliphatic rings. The molecule has 0 aliphatic heterocycles. The Morgan fingerprint density at radius 3 is 2.68 bits per heavy atom. The highest BCUT2D eigenvalue weighted by atomic mass is 19.1. The van der Waals surface area contributed by atoms with Crippen molar-refractivity contribution in [1.29, 1.82) is 0 Å². The average molecular weight is 260 g/mol. The third-order valence-electron chi connectivity index (χ3n) is 2.74. The number of anilines is 1. The fourth-order valence-electron chi connectivity index (χ4n) is 1.81. The minimum absolute atomic E-state index is 0.0296. The van der Waals surface area contributed by atoms with Gasteiger partial charge in [0.05, 0.1) is 11.4 Å². The maximum Gasteiger partial charge on any atom is 0.280 e. The molecule has 0 radical (unpaired) electrons. The minimum Gasteiger partial charge on any atom is -0.508 e. The largest absolute Gasteiger partial charge is 0.508 e. The monoisotopic (exact) mass is 260 g/mol. The van der Waals surface area contributed by atoms with Gasteiger partial charge in [-0.25, -0.2) is 4.39 Å². The van der Waals surface area contributed by atoms with Crippen molar-refractivity contribution in [3.8, 4) is 11.4 Å². The van der Waals surface area contributed by atoms with E-state index in [2.05, 4.69) is 9.94 Å². The summed E-state index contributed by atoms with van der Waals surface area (Å²) in [5.41, 5.74) is 6.77. The summed E-state index contributed by atoms with van der Waals surface area (Å²) >= 11 is 0. The summed E-state index contributed by atoms with van der Waals surface area (Å²) in [6, 6.07) is 3.66. The maximum absolute atomic E-state index is 13.8. The van der Waals surface area contributed by atoms with Crippen molar-refractivity contribution in [3.63, 3.8) is 0 Å². The number of benzene rings is 1. The Hall–Kier alpha value is -2.55. The first-order valence-corrected chi connectivity index (χ1v) is 5.70. The summed E-state index contributed by atoms with van der Waals surface area (Å²) < 4.78 is 15.0. The van der Waals surface area contributed by atoms with Crippen LogP contribution in [0.2, 0.25) is 0 Å². The number of aromatic hydroxyl groups is 1. The number of nitrogens with zero attached hydrogens (tertiary/aromatic N) is 3. The zero-order chi connectivity index (χ0) is 14.2. The van der Waals surface area contributed by atoms with Gasteiger partial charge in [-0.2, -0.15) is 4.68 Å². The predicted molar refractivity (Wildman–Crippen MR) is 70.0 cm³/mol. The molecular formula is C13H13FN4O. The summed E-state index contributed by atoms with van der Waals surface area (Å²) in [4.78, 5) is 3.31. The van der Waals surface area contributed by atoms with Crippen LogP contribution in [-0.2, 0) is 0 Å². The molecule has 1 heterocycles. The zero-order valence-electron chi connectivity index (χ0n) is 10.6. The lowest BCUT2D eigenvalue weighted by Gasteiger charge is -2.01. The Kier molecular flexibility index (Phi) is 3.13. The van der Waals surface area contributed by atoms with Crippen molar-refractivity contribution in [2.24, 2.45) is 0 Å². The summed E-state index contributed by atoms with van der Waals surface area (Å²) in [5, 5.41) is 13.4. The molecule has 0 unspecified atom stereocenters. The Bertz CT molecular complexity index is 670. The van der Waals surface area contributed by atoms with E-state index in [-0.39, 0.29) is 28.9 Å². The van der Waals surface area contributed by atoms with Crippen LogP contribution in [0, 0.1) is 12.4 Å². The van der Waals surface area contributed by atoms with Gasteiger partial charge in [-0.15, -0.1) is 0 Å². The van der Waals surface area contributed by atoms with Gasteiger partial charge in [0.25, 0.3) is 5.82 Å². The maximum atomic E-state index is 13.8. The summed E-state index contributed by atoms with van der Waals surface area (Å²) in [6.45, 7) is 10.9. The lowest BCUT2D eigenvalue weighted by Crippen LogP contribution is -2.00. The fourth-order valence-corrected chi connectivity index (χ4v) is 1.81. The van der Waals surface area contributed by atoms with Gasteiger partial charge in [0.1, 0.15) is 5.75 Å². The summed E-state index contributed by atoms with van der Waals surface area (Å²) in [6.07, 6.45) is 0. The molecule has 1 aromatic heterocycles. The number of phenolic OH excluding ortho intramolecular Hbond substituents is 1. The number of aromatic nitrogens is 2. The van der Waals surface area contributed by atoms with Gasteiger partial charge in [-0.1, -0.05) is 25.5 Å². The normalized spacial score (nSPS) is 10.7. The summed E-state index contributed by atoms with van der Waals surface area (Å²) in [7, 11) is 0. The van der Waals surface area contributed by atoms with E-state index in [0.717, 1.165) is 6.07 Å². The Balaban J connectivity index is 2.69. The van der Waals surface area contributed by atoms with E-state index < -0.39 is 5.82 Å². The van der Waals surface area contributed by atoms with E-state index in [1.54, 1.807) is 0 Å². The van der Waals surface area contributed by atoms with Crippen LogP contribution in [0.4, 0.5) is 15.9 Å². The third-order valence-corrected chi connectivity index (χ3v) is 2.74. The molecule has 0 saturated carbocycles. The molecule has 2 aromatic rings. The number of nitrogen functional groups attached to an aromatic ring is 1. The van der Waals surface area contributed by atoms with Crippen molar-refractivity contribution >= 4 is 11.5 Å². The van der Waals surface area contributed by atoms with E-state index in [0.29, 0.717) is 5.69 Å². The molecule has 2 rings (SSSR count). The van der Waals surface area contributed by atoms with E-state index in [1.807, 2.05) is 13.8 Å². The Morgan fingerprint density at radius 2 is 2.16 bits per heavy atom. The molecule has 0 fully saturated rings. The van der Waals surface area contributed by atoms with Crippen molar-refractivity contribution < 1.29 is 9.50 Å². The van der Waals surface area contributed by atoms with Crippen molar-refractivity contribution in [1.82, 2.24) is 9.78 Å². The smallest absolute Gasteiger partial charge is 0.280 e. The first-order valence-electron chi connectivity index (χ1n) is 5.70. The molecular weight excluding hydrogens is 247 g/mol. The topological polar surface area (TPSA) is 68.4 Å². The van der Waals surface area contributed by atoms with Crippen LogP contribution in [0.1, 0.15) is 25.5 Å². The van der Waals surface area contributed by atoms with Gasteiger partial charge in [-0.3, -0.25) is 0 Å². The lowest BCUT2D eigenvalue weighted by molar-refractivity contribution is 0.468. The SMILES string of the molecule is [C-]#[N+]c1c(N)c(C(C)C)nn1-c1ccc(O)cc1F. The number of hydrogen-bond donors (Lipinski definition) is 2. The highest BCUT2D eigenvalue weighted by Crippen LogP contribution is 2.34. The second kappa shape index (κ2) is 4.61. The van der Waals surface area contributed by atoms with Gasteiger partial charge in [0.15, 0.2) is 11.5 Å². The molecule has 3 N–H and O–H groups in total. The average Bonchev–Trinajstić information content (AvgIpc) is 2.66. The molecule has 0 saturated heterocycles. The van der Waals surface area contributed by atoms with Crippen molar-refractivity contribution in [2.75, 3.05) is 5.73 Å². The molecule has 0 spiro atoms. The van der Waals surface area contributed by atoms with Crippen LogP contribution < -0.4 is 5.73 Å².